The van der Waals surface area contributed by atoms with Gasteiger partial charge in [0.25, 0.3) is 0 Å². The number of aromatic nitrogens is 1. The lowest BCUT2D eigenvalue weighted by molar-refractivity contribution is 0.415. The molecule has 0 aliphatic carbocycles. The second kappa shape index (κ2) is 7.64. The largest absolute Gasteiger partial charge is 0.497 e. The zero-order chi connectivity index (χ0) is 15.1. The molecule has 2 aromatic rings. The molecular weight excluding hydrogens is 262 g/mol. The van der Waals surface area contributed by atoms with E-state index in [2.05, 4.69) is 34.3 Å². The highest BCUT2D eigenvalue weighted by molar-refractivity contribution is 5.63. The van der Waals surface area contributed by atoms with Gasteiger partial charge in [0.05, 0.1) is 7.11 Å². The van der Waals surface area contributed by atoms with Gasteiger partial charge in [-0.05, 0) is 31.2 Å². The molecule has 2 rings (SSSR count). The number of hydrogen-bond donors (Lipinski definition) is 1. The van der Waals surface area contributed by atoms with Crippen LogP contribution in [0.25, 0.3) is 0 Å². The van der Waals surface area contributed by atoms with Crippen LogP contribution in [0.4, 0.5) is 11.5 Å². The lowest BCUT2D eigenvalue weighted by Crippen LogP contribution is -2.19. The maximum absolute atomic E-state index is 5.29. The minimum absolute atomic E-state index is 0.825. The highest BCUT2D eigenvalue weighted by Crippen LogP contribution is 2.27. The van der Waals surface area contributed by atoms with Crippen molar-refractivity contribution in [3.05, 3.63) is 48.2 Å². The zero-order valence-corrected chi connectivity index (χ0v) is 13.0. The van der Waals surface area contributed by atoms with Crippen LogP contribution in [0.2, 0.25) is 0 Å². The Morgan fingerprint density at radius 2 is 2.10 bits per heavy atom. The van der Waals surface area contributed by atoms with E-state index in [0.29, 0.717) is 0 Å². The molecule has 0 atom stereocenters. The molecule has 1 aromatic heterocycles. The number of methoxy groups -OCH3 is 1. The Hall–Kier alpha value is -2.07. The Balaban J connectivity index is 2.23. The number of anilines is 2. The molecule has 0 aliphatic heterocycles. The van der Waals surface area contributed by atoms with Gasteiger partial charge in [0.2, 0.25) is 0 Å². The van der Waals surface area contributed by atoms with Crippen molar-refractivity contribution in [1.29, 1.82) is 0 Å². The van der Waals surface area contributed by atoms with Gasteiger partial charge in [-0.1, -0.05) is 19.1 Å². The first-order chi connectivity index (χ1) is 10.3. The maximum atomic E-state index is 5.29. The van der Waals surface area contributed by atoms with Crippen LogP contribution >= 0.6 is 0 Å². The van der Waals surface area contributed by atoms with Crippen LogP contribution in [0.3, 0.4) is 0 Å². The van der Waals surface area contributed by atoms with E-state index in [1.165, 1.54) is 5.56 Å². The number of nitrogens with one attached hydrogen (secondary N) is 1. The number of nitrogens with zero attached hydrogens (tertiary/aromatic N) is 2. The van der Waals surface area contributed by atoms with Crippen LogP contribution in [-0.2, 0) is 6.54 Å². The summed E-state index contributed by atoms with van der Waals surface area (Å²) in [6.07, 6.45) is 2.96. The fraction of sp³-hybridized carbons (Fsp3) is 0.353. The lowest BCUT2D eigenvalue weighted by Gasteiger charge is -2.22. The normalized spacial score (nSPS) is 10.4. The quantitative estimate of drug-likeness (QED) is 0.792. The summed E-state index contributed by atoms with van der Waals surface area (Å²) in [5, 5.41) is 3.43. The smallest absolute Gasteiger partial charge is 0.137 e. The molecule has 0 bridgehead atoms. The fourth-order valence-electron chi connectivity index (χ4n) is 2.21. The van der Waals surface area contributed by atoms with E-state index in [-0.39, 0.29) is 0 Å². The fourth-order valence-corrected chi connectivity index (χ4v) is 2.21. The summed E-state index contributed by atoms with van der Waals surface area (Å²) in [6.45, 7) is 4.00. The first-order valence-electron chi connectivity index (χ1n) is 7.28. The van der Waals surface area contributed by atoms with Crippen molar-refractivity contribution in [3.63, 3.8) is 0 Å². The number of rotatable bonds is 7. The summed E-state index contributed by atoms with van der Waals surface area (Å²) in [5.41, 5.74) is 2.25. The van der Waals surface area contributed by atoms with Crippen LogP contribution in [0.15, 0.2) is 42.6 Å². The topological polar surface area (TPSA) is 37.4 Å². The van der Waals surface area contributed by atoms with Crippen molar-refractivity contribution in [2.45, 2.75) is 19.9 Å². The third-order valence-electron chi connectivity index (χ3n) is 3.37. The van der Waals surface area contributed by atoms with E-state index in [4.69, 9.17) is 4.74 Å². The predicted molar refractivity (Wildman–Crippen MR) is 87.3 cm³/mol. The third kappa shape index (κ3) is 3.95. The number of benzene rings is 1. The zero-order valence-electron chi connectivity index (χ0n) is 13.0. The van der Waals surface area contributed by atoms with Crippen LogP contribution in [-0.4, -0.2) is 25.7 Å². The van der Waals surface area contributed by atoms with E-state index in [9.17, 15) is 0 Å². The van der Waals surface area contributed by atoms with Crippen LogP contribution < -0.4 is 15.0 Å². The molecule has 0 amide bonds. The molecule has 1 aromatic carbocycles. The minimum Gasteiger partial charge on any atom is -0.497 e. The third-order valence-corrected chi connectivity index (χ3v) is 3.37. The van der Waals surface area contributed by atoms with Crippen molar-refractivity contribution < 1.29 is 4.74 Å². The summed E-state index contributed by atoms with van der Waals surface area (Å²) < 4.78 is 5.29. The summed E-state index contributed by atoms with van der Waals surface area (Å²) in [7, 11) is 3.71. The molecule has 0 saturated heterocycles. The standard InChI is InChI=1S/C17H23N3O/c1-4-10-18-13-14-7-6-11-19-17(14)20(2)15-8-5-9-16(12-15)21-3/h5-9,11-12,18H,4,10,13H2,1-3H3. The van der Waals surface area contributed by atoms with E-state index < -0.39 is 0 Å². The average molecular weight is 285 g/mol. The second-order valence-corrected chi connectivity index (χ2v) is 4.92. The molecule has 0 aliphatic rings. The molecule has 0 radical (unpaired) electrons. The van der Waals surface area contributed by atoms with Gasteiger partial charge in [-0.15, -0.1) is 0 Å². The number of ether oxygens (including phenoxy) is 1. The molecule has 0 saturated carbocycles. The van der Waals surface area contributed by atoms with E-state index >= 15 is 0 Å². The molecular formula is C17H23N3O. The molecule has 4 nitrogen and oxygen atoms in total. The Kier molecular flexibility index (Phi) is 5.58. The molecule has 0 spiro atoms. The highest BCUT2D eigenvalue weighted by Gasteiger charge is 2.10. The maximum Gasteiger partial charge on any atom is 0.137 e. The van der Waals surface area contributed by atoms with Gasteiger partial charge in [-0.2, -0.15) is 0 Å². The Labute approximate surface area is 126 Å². The lowest BCUT2D eigenvalue weighted by atomic mass is 10.2. The highest BCUT2D eigenvalue weighted by atomic mass is 16.5. The second-order valence-electron chi connectivity index (χ2n) is 4.92. The Morgan fingerprint density at radius 3 is 2.86 bits per heavy atom. The molecule has 21 heavy (non-hydrogen) atoms. The Bertz CT molecular complexity index is 571. The van der Waals surface area contributed by atoms with Gasteiger partial charge in [0.15, 0.2) is 0 Å². The molecule has 1 heterocycles. The van der Waals surface area contributed by atoms with Crippen molar-refractivity contribution in [3.8, 4) is 5.75 Å². The van der Waals surface area contributed by atoms with Gasteiger partial charge in [-0.3, -0.25) is 0 Å². The van der Waals surface area contributed by atoms with Crippen molar-refractivity contribution in [1.82, 2.24) is 10.3 Å². The van der Waals surface area contributed by atoms with Gasteiger partial charge >= 0.3 is 0 Å². The number of pyridine rings is 1. The first-order valence-corrected chi connectivity index (χ1v) is 7.28. The van der Waals surface area contributed by atoms with Gasteiger partial charge in [0.1, 0.15) is 11.6 Å². The summed E-state index contributed by atoms with van der Waals surface area (Å²) in [5.74, 6) is 1.82. The van der Waals surface area contributed by atoms with E-state index in [1.807, 2.05) is 37.5 Å². The van der Waals surface area contributed by atoms with Crippen molar-refractivity contribution in [2.75, 3.05) is 25.6 Å². The molecule has 0 unspecified atom stereocenters. The number of hydrogen-bond acceptors (Lipinski definition) is 4. The van der Waals surface area contributed by atoms with Crippen LogP contribution in [0, 0.1) is 0 Å². The van der Waals surface area contributed by atoms with Crippen LogP contribution in [0.5, 0.6) is 5.75 Å². The van der Waals surface area contributed by atoms with Crippen molar-refractivity contribution >= 4 is 11.5 Å². The molecule has 112 valence electrons. The van der Waals surface area contributed by atoms with E-state index in [0.717, 1.165) is 36.8 Å². The SMILES string of the molecule is CCCNCc1cccnc1N(C)c1cccc(OC)c1. The summed E-state index contributed by atoms with van der Waals surface area (Å²) >= 11 is 0. The average Bonchev–Trinajstić information content (AvgIpc) is 2.55. The summed E-state index contributed by atoms with van der Waals surface area (Å²) in [6, 6.07) is 12.1. The molecule has 4 heteroatoms. The summed E-state index contributed by atoms with van der Waals surface area (Å²) in [4.78, 5) is 6.62. The van der Waals surface area contributed by atoms with E-state index in [1.54, 1.807) is 7.11 Å². The van der Waals surface area contributed by atoms with Crippen molar-refractivity contribution in [2.24, 2.45) is 0 Å². The van der Waals surface area contributed by atoms with Crippen LogP contribution in [0.1, 0.15) is 18.9 Å². The first kappa shape index (κ1) is 15.3. The molecule has 1 N–H and O–H groups in total. The monoisotopic (exact) mass is 285 g/mol. The Morgan fingerprint density at radius 1 is 1.24 bits per heavy atom. The van der Waals surface area contributed by atoms with Gasteiger partial charge < -0.3 is 15.0 Å². The minimum atomic E-state index is 0.825. The van der Waals surface area contributed by atoms with Gasteiger partial charge in [-0.25, -0.2) is 4.98 Å². The predicted octanol–water partition coefficient (Wildman–Crippen LogP) is 3.36. The molecule has 0 fully saturated rings. The van der Waals surface area contributed by atoms with Gasteiger partial charge in [0, 0.05) is 37.1 Å².